The van der Waals surface area contributed by atoms with Gasteiger partial charge in [-0.15, -0.1) is 0 Å². The fraction of sp³-hybridized carbons (Fsp3) is 0.167. The number of hydrogen-bond acceptors (Lipinski definition) is 1. The number of halogens is 4. The van der Waals surface area contributed by atoms with Crippen molar-refractivity contribution in [2.45, 2.75) is 24.8 Å². The second-order valence-electron chi connectivity index (χ2n) is 8.99. The summed E-state index contributed by atoms with van der Waals surface area (Å²) >= 11 is 0. The monoisotopic (exact) mass is 583 g/mol. The summed E-state index contributed by atoms with van der Waals surface area (Å²) in [7, 11) is -2.37. The van der Waals surface area contributed by atoms with E-state index in [9.17, 15) is 18.0 Å². The third-order valence-corrected chi connectivity index (χ3v) is 11.6. The van der Waals surface area contributed by atoms with Crippen molar-refractivity contribution in [2.24, 2.45) is 0 Å². The minimum absolute atomic E-state index is 0. The van der Waals surface area contributed by atoms with Crippen molar-refractivity contribution in [3.05, 3.63) is 126 Å². The minimum atomic E-state index is -4.38. The maximum Gasteiger partial charge on any atom is 0.416 e. The smallest absolute Gasteiger partial charge is 0.416 e. The van der Waals surface area contributed by atoms with Crippen LogP contribution in [0.4, 0.5) is 13.2 Å². The summed E-state index contributed by atoms with van der Waals surface area (Å²) in [4.78, 5) is 15.9. The normalized spacial score (nSPS) is 15.9. The summed E-state index contributed by atoms with van der Waals surface area (Å²) in [6, 6.07) is 36.0. The average Bonchev–Trinajstić information content (AvgIpc) is 3.26. The molecule has 1 aliphatic rings. The van der Waals surface area contributed by atoms with Gasteiger partial charge in [0.25, 0.3) is 5.91 Å². The van der Waals surface area contributed by atoms with Crippen molar-refractivity contribution in [3.8, 4) is 0 Å². The van der Waals surface area contributed by atoms with Gasteiger partial charge >= 0.3 is 6.18 Å². The van der Waals surface area contributed by atoms with Gasteiger partial charge in [-0.25, -0.2) is 0 Å². The molecule has 0 bridgehead atoms. The molecule has 4 aromatic rings. The molecule has 1 fully saturated rings. The van der Waals surface area contributed by atoms with Gasteiger partial charge < -0.3 is 21.9 Å². The Kier molecular flexibility index (Phi) is 8.20. The number of hydrogen-bond donors (Lipinski definition) is 0. The zero-order valence-corrected chi connectivity index (χ0v) is 22.5. The van der Waals surface area contributed by atoms with E-state index in [0.717, 1.165) is 28.0 Å². The van der Waals surface area contributed by atoms with Crippen LogP contribution in [-0.2, 0) is 17.5 Å². The molecule has 0 saturated carbocycles. The third kappa shape index (κ3) is 5.23. The Hall–Kier alpha value is -2.95. The SMILES string of the molecule is O=C1C([P+](c2ccccc2)(c2ccccc2)c2ccccc2)CCN1Cc1ccc(C(F)(F)F)cc1.[Br-]. The Morgan fingerprint density at radius 1 is 0.703 bits per heavy atom. The molecule has 1 heterocycles. The Morgan fingerprint density at radius 3 is 1.54 bits per heavy atom. The first-order chi connectivity index (χ1) is 17.4. The predicted octanol–water partition coefficient (Wildman–Crippen LogP) is 2.80. The van der Waals surface area contributed by atoms with E-state index >= 15 is 0 Å². The first-order valence-corrected chi connectivity index (χ1v) is 13.8. The first kappa shape index (κ1) is 27.1. The largest absolute Gasteiger partial charge is 1.00 e. The van der Waals surface area contributed by atoms with Gasteiger partial charge in [-0.3, -0.25) is 4.79 Å². The fourth-order valence-corrected chi connectivity index (χ4v) is 10.1. The van der Waals surface area contributed by atoms with Crippen molar-refractivity contribution in [1.29, 1.82) is 0 Å². The molecule has 1 saturated heterocycles. The van der Waals surface area contributed by atoms with Crippen LogP contribution < -0.4 is 32.9 Å². The first-order valence-electron chi connectivity index (χ1n) is 11.9. The van der Waals surface area contributed by atoms with E-state index in [0.29, 0.717) is 25.1 Å². The highest BCUT2D eigenvalue weighted by molar-refractivity contribution is 7.96. The van der Waals surface area contributed by atoms with Gasteiger partial charge in [-0.2, -0.15) is 13.2 Å². The lowest BCUT2D eigenvalue weighted by Gasteiger charge is -2.32. The molecule has 7 heteroatoms. The lowest BCUT2D eigenvalue weighted by Crippen LogP contribution is -3.00. The molecule has 1 atom stereocenters. The van der Waals surface area contributed by atoms with Gasteiger partial charge in [0.2, 0.25) is 0 Å². The van der Waals surface area contributed by atoms with Crippen LogP contribution in [0.2, 0.25) is 0 Å². The predicted molar refractivity (Wildman–Crippen MR) is 140 cm³/mol. The topological polar surface area (TPSA) is 20.3 Å². The number of amides is 1. The molecule has 2 nitrogen and oxygen atoms in total. The van der Waals surface area contributed by atoms with Crippen molar-refractivity contribution in [3.63, 3.8) is 0 Å². The van der Waals surface area contributed by atoms with Crippen LogP contribution >= 0.6 is 7.26 Å². The molecule has 0 N–H and O–H groups in total. The van der Waals surface area contributed by atoms with Crippen molar-refractivity contribution >= 4 is 29.1 Å². The quantitative estimate of drug-likeness (QED) is 0.320. The lowest BCUT2D eigenvalue weighted by atomic mass is 10.1. The summed E-state index contributed by atoms with van der Waals surface area (Å²) in [6.07, 6.45) is -3.69. The average molecular weight is 584 g/mol. The number of rotatable bonds is 6. The third-order valence-electron chi connectivity index (χ3n) is 6.88. The lowest BCUT2D eigenvalue weighted by molar-refractivity contribution is -0.137. The molecular formula is C30H26BrF3NOP. The Bertz CT molecular complexity index is 1220. The molecule has 1 aliphatic heterocycles. The highest BCUT2D eigenvalue weighted by Crippen LogP contribution is 2.62. The number of alkyl halides is 3. The molecule has 4 aromatic carbocycles. The van der Waals surface area contributed by atoms with Crippen LogP contribution in [0.15, 0.2) is 115 Å². The van der Waals surface area contributed by atoms with Crippen molar-refractivity contribution < 1.29 is 34.9 Å². The molecule has 0 spiro atoms. The molecule has 1 unspecified atom stereocenters. The zero-order valence-electron chi connectivity index (χ0n) is 20.0. The van der Waals surface area contributed by atoms with E-state index in [2.05, 4.69) is 36.4 Å². The van der Waals surface area contributed by atoms with Gasteiger partial charge in [0.1, 0.15) is 23.2 Å². The molecule has 37 heavy (non-hydrogen) atoms. The molecule has 0 radical (unpaired) electrons. The zero-order chi connectivity index (χ0) is 25.2. The number of benzene rings is 4. The molecule has 190 valence electrons. The van der Waals surface area contributed by atoms with Crippen molar-refractivity contribution in [2.75, 3.05) is 6.54 Å². The maximum absolute atomic E-state index is 14.1. The molecular weight excluding hydrogens is 558 g/mol. The van der Waals surface area contributed by atoms with Crippen LogP contribution in [0.5, 0.6) is 0 Å². The second kappa shape index (κ2) is 11.2. The number of carbonyl (C=O) groups is 1. The van der Waals surface area contributed by atoms with Gasteiger partial charge in [-0.1, -0.05) is 66.7 Å². The van der Waals surface area contributed by atoms with E-state index in [1.807, 2.05) is 54.6 Å². The van der Waals surface area contributed by atoms with Gasteiger partial charge in [-0.05, 0) is 54.1 Å². The number of likely N-dealkylation sites (tertiary alicyclic amines) is 1. The van der Waals surface area contributed by atoms with Gasteiger partial charge in [0.05, 0.1) is 5.56 Å². The molecule has 0 aliphatic carbocycles. The van der Waals surface area contributed by atoms with E-state index in [1.165, 1.54) is 12.1 Å². The van der Waals surface area contributed by atoms with E-state index in [4.69, 9.17) is 0 Å². The van der Waals surface area contributed by atoms with E-state index in [-0.39, 0.29) is 28.5 Å². The van der Waals surface area contributed by atoms with Gasteiger partial charge in [0, 0.05) is 19.5 Å². The highest BCUT2D eigenvalue weighted by Gasteiger charge is 2.58. The number of nitrogens with zero attached hydrogens (tertiary/aromatic N) is 1. The van der Waals surface area contributed by atoms with Crippen LogP contribution in [0.25, 0.3) is 0 Å². The van der Waals surface area contributed by atoms with Crippen molar-refractivity contribution in [1.82, 2.24) is 4.90 Å². The van der Waals surface area contributed by atoms with E-state index in [1.54, 1.807) is 4.90 Å². The van der Waals surface area contributed by atoms with Crippen LogP contribution in [0.3, 0.4) is 0 Å². The minimum Gasteiger partial charge on any atom is -1.00 e. The summed E-state index contributed by atoms with van der Waals surface area (Å²) in [5.41, 5.74) is -0.238. The Labute approximate surface area is 226 Å². The second-order valence-corrected chi connectivity index (χ2v) is 12.6. The Morgan fingerprint density at radius 2 is 1.14 bits per heavy atom. The van der Waals surface area contributed by atoms with Crippen LogP contribution in [0, 0.1) is 0 Å². The van der Waals surface area contributed by atoms with Gasteiger partial charge in [0.15, 0.2) is 5.66 Å². The number of carbonyl (C=O) groups excluding carboxylic acids is 1. The van der Waals surface area contributed by atoms with Crippen LogP contribution in [0.1, 0.15) is 17.5 Å². The molecule has 1 amide bonds. The molecule has 0 aromatic heterocycles. The Balaban J connectivity index is 0.00000320. The summed E-state index contributed by atoms with van der Waals surface area (Å²) < 4.78 is 39.0. The van der Waals surface area contributed by atoms with E-state index < -0.39 is 19.0 Å². The summed E-state index contributed by atoms with van der Waals surface area (Å²) in [5, 5.41) is 3.45. The maximum atomic E-state index is 14.1. The highest BCUT2D eigenvalue weighted by atomic mass is 79.9. The standard InChI is InChI=1S/C30H26F3NOP.BrH/c31-30(32,33)24-18-16-23(17-19-24)22-34-21-20-28(29(34)35)36(25-10-4-1-5-11-25,26-12-6-2-7-13-26)27-14-8-3-9-15-27;/h1-19,28H,20-22H2;1H/q+1;/p-1. The fourth-order valence-electron chi connectivity index (χ4n) is 5.23. The summed E-state index contributed by atoms with van der Waals surface area (Å²) in [5.74, 6) is 0.0554. The molecule has 5 rings (SSSR count). The van der Waals surface area contributed by atoms with Crippen LogP contribution in [-0.4, -0.2) is 23.0 Å². The summed E-state index contributed by atoms with van der Waals surface area (Å²) in [6.45, 7) is 0.866.